The predicted octanol–water partition coefficient (Wildman–Crippen LogP) is 2.18. The molecule has 4 aliphatic heterocycles. The van der Waals surface area contributed by atoms with E-state index in [9.17, 15) is 9.18 Å². The maximum Gasteiger partial charge on any atom is 0.245 e. The quantitative estimate of drug-likeness (QED) is 0.832. The molecule has 2 bridgehead atoms. The summed E-state index contributed by atoms with van der Waals surface area (Å²) in [7, 11) is 3.83. The molecule has 130 valence electrons. The molecule has 0 saturated carbocycles. The molecule has 1 aromatic rings. The van der Waals surface area contributed by atoms with Crippen LogP contribution in [0.1, 0.15) is 24.4 Å². The molecule has 0 radical (unpaired) electrons. The van der Waals surface area contributed by atoms with Gasteiger partial charge in [-0.05, 0) is 50.4 Å². The van der Waals surface area contributed by atoms with Gasteiger partial charge in [-0.2, -0.15) is 0 Å². The normalized spacial score (nSPS) is 30.7. The van der Waals surface area contributed by atoms with E-state index in [-0.39, 0.29) is 17.8 Å². The zero-order valence-electron chi connectivity index (χ0n) is 14.2. The average Bonchev–Trinajstić information content (AvgIpc) is 2.47. The van der Waals surface area contributed by atoms with E-state index in [1.807, 2.05) is 30.8 Å². The van der Waals surface area contributed by atoms with Crippen LogP contribution in [0.5, 0.6) is 0 Å². The minimum Gasteiger partial charge on any atom is -0.332 e. The molecule has 0 aromatic heterocycles. The molecule has 4 unspecified atom stereocenters. The van der Waals surface area contributed by atoms with E-state index in [0.717, 1.165) is 25.1 Å². The first kappa shape index (κ1) is 16.4. The summed E-state index contributed by atoms with van der Waals surface area (Å²) >= 11 is 2.03. The number of nitrogens with zero attached hydrogens (tertiary/aromatic N) is 3. The molecular weight excluding hydrogens is 325 g/mol. The van der Waals surface area contributed by atoms with Crippen molar-refractivity contribution in [3.05, 3.63) is 35.6 Å². The highest BCUT2D eigenvalue weighted by molar-refractivity contribution is 8.01. The van der Waals surface area contributed by atoms with E-state index in [2.05, 4.69) is 9.80 Å². The van der Waals surface area contributed by atoms with Gasteiger partial charge >= 0.3 is 0 Å². The summed E-state index contributed by atoms with van der Waals surface area (Å²) < 4.78 is 13.2. The van der Waals surface area contributed by atoms with Gasteiger partial charge in [-0.15, -0.1) is 11.8 Å². The molecule has 1 aromatic carbocycles. The van der Waals surface area contributed by atoms with Gasteiger partial charge in [0.15, 0.2) is 0 Å². The molecule has 6 heteroatoms. The third-order valence-electron chi connectivity index (χ3n) is 5.49. The largest absolute Gasteiger partial charge is 0.332 e. The van der Waals surface area contributed by atoms with Gasteiger partial charge in [0.05, 0.1) is 5.37 Å². The summed E-state index contributed by atoms with van der Waals surface area (Å²) in [6.45, 7) is 2.01. The van der Waals surface area contributed by atoms with Gasteiger partial charge in [-0.25, -0.2) is 4.39 Å². The Morgan fingerprint density at radius 3 is 2.38 bits per heavy atom. The lowest BCUT2D eigenvalue weighted by molar-refractivity contribution is -0.159. The first-order chi connectivity index (χ1) is 11.5. The second-order valence-electron chi connectivity index (χ2n) is 7.27. The maximum absolute atomic E-state index is 13.2. The number of rotatable bonds is 4. The van der Waals surface area contributed by atoms with Crippen LogP contribution in [-0.2, 0) is 4.79 Å². The standard InChI is InChI=1S/C18H24FN3OS/c1-20(2)17(12-3-5-13(19)6-4-12)18(23)22-14-9-15(22)11-21(10-14)16-7-8-24-16/h3-6,14-17H,7-11H2,1-2H3. The van der Waals surface area contributed by atoms with Crippen LogP contribution in [0.15, 0.2) is 24.3 Å². The Hall–Kier alpha value is -1.11. The number of hydrogen-bond donors (Lipinski definition) is 0. The van der Waals surface area contributed by atoms with Gasteiger partial charge in [-0.1, -0.05) is 12.1 Å². The fraction of sp³-hybridized carbons (Fsp3) is 0.611. The van der Waals surface area contributed by atoms with Crippen LogP contribution in [0.2, 0.25) is 0 Å². The van der Waals surface area contributed by atoms with Crippen molar-refractivity contribution in [2.75, 3.05) is 32.9 Å². The number of likely N-dealkylation sites (N-methyl/N-ethyl adjacent to an activating group) is 1. The number of piperazine rings is 1. The van der Waals surface area contributed by atoms with Gasteiger partial charge in [0.2, 0.25) is 5.91 Å². The molecule has 4 heterocycles. The fourth-order valence-electron chi connectivity index (χ4n) is 4.20. The Morgan fingerprint density at radius 1 is 1.25 bits per heavy atom. The monoisotopic (exact) mass is 349 g/mol. The fourth-order valence-corrected chi connectivity index (χ4v) is 5.03. The van der Waals surface area contributed by atoms with Crippen molar-refractivity contribution in [3.8, 4) is 0 Å². The topological polar surface area (TPSA) is 26.8 Å². The zero-order valence-corrected chi connectivity index (χ0v) is 15.0. The van der Waals surface area contributed by atoms with Crippen LogP contribution in [0, 0.1) is 5.82 Å². The Morgan fingerprint density at radius 2 is 1.88 bits per heavy atom. The summed E-state index contributed by atoms with van der Waals surface area (Å²) in [6.07, 6.45) is 2.41. The predicted molar refractivity (Wildman–Crippen MR) is 94.3 cm³/mol. The third-order valence-corrected chi connectivity index (χ3v) is 6.88. The van der Waals surface area contributed by atoms with Crippen molar-refractivity contribution in [2.24, 2.45) is 0 Å². The average molecular weight is 349 g/mol. The number of carbonyl (C=O) groups excluding carboxylic acids is 1. The number of carbonyl (C=O) groups is 1. The Labute approximate surface area is 147 Å². The van der Waals surface area contributed by atoms with E-state index in [1.165, 1.54) is 24.3 Å². The number of hydrogen-bond acceptors (Lipinski definition) is 4. The van der Waals surface area contributed by atoms with E-state index in [0.29, 0.717) is 17.5 Å². The van der Waals surface area contributed by atoms with E-state index >= 15 is 0 Å². The number of benzene rings is 1. The maximum atomic E-state index is 13.2. The van der Waals surface area contributed by atoms with Crippen molar-refractivity contribution < 1.29 is 9.18 Å². The van der Waals surface area contributed by atoms with E-state index in [1.54, 1.807) is 12.1 Å². The van der Waals surface area contributed by atoms with Gasteiger partial charge in [0.1, 0.15) is 11.9 Å². The van der Waals surface area contributed by atoms with Crippen LogP contribution in [0.4, 0.5) is 4.39 Å². The highest BCUT2D eigenvalue weighted by atomic mass is 32.2. The van der Waals surface area contributed by atoms with Crippen LogP contribution in [0.3, 0.4) is 0 Å². The van der Waals surface area contributed by atoms with Crippen molar-refractivity contribution in [1.82, 2.24) is 14.7 Å². The van der Waals surface area contributed by atoms with Gasteiger partial charge in [0.25, 0.3) is 0 Å². The molecule has 4 fully saturated rings. The molecule has 4 nitrogen and oxygen atoms in total. The summed E-state index contributed by atoms with van der Waals surface area (Å²) in [5, 5.41) is 0.675. The molecule has 4 saturated heterocycles. The summed E-state index contributed by atoms with van der Waals surface area (Å²) in [4.78, 5) is 19.8. The molecular formula is C18H24FN3OS. The Bertz CT molecular complexity index is 607. The first-order valence-corrected chi connectivity index (χ1v) is 9.69. The van der Waals surface area contributed by atoms with Crippen LogP contribution < -0.4 is 0 Å². The highest BCUT2D eigenvalue weighted by Crippen LogP contribution is 2.40. The Kier molecular flexibility index (Phi) is 4.31. The number of halogens is 1. The minimum absolute atomic E-state index is 0.161. The van der Waals surface area contributed by atoms with Gasteiger partial charge in [0, 0.05) is 25.2 Å². The highest BCUT2D eigenvalue weighted by Gasteiger charge is 2.50. The number of amides is 1. The van der Waals surface area contributed by atoms with E-state index in [4.69, 9.17) is 0 Å². The second-order valence-corrected chi connectivity index (χ2v) is 8.56. The molecule has 0 aliphatic carbocycles. The van der Waals surface area contributed by atoms with Crippen molar-refractivity contribution >= 4 is 17.7 Å². The molecule has 1 amide bonds. The van der Waals surface area contributed by atoms with Gasteiger partial charge < -0.3 is 4.90 Å². The lowest BCUT2D eigenvalue weighted by atomic mass is 9.85. The molecule has 4 aliphatic rings. The van der Waals surface area contributed by atoms with Gasteiger partial charge in [-0.3, -0.25) is 14.6 Å². The number of fused-ring (bicyclic) bond motifs is 2. The first-order valence-electron chi connectivity index (χ1n) is 8.64. The lowest BCUT2D eigenvalue weighted by Gasteiger charge is -2.59. The SMILES string of the molecule is CN(C)C(C(=O)N1C2CC1CN(C1CCS1)C2)c1ccc(F)cc1. The molecule has 0 N–H and O–H groups in total. The number of thioether (sulfide) groups is 1. The Balaban J connectivity index is 1.49. The van der Waals surface area contributed by atoms with E-state index < -0.39 is 0 Å². The van der Waals surface area contributed by atoms with Crippen molar-refractivity contribution in [1.29, 1.82) is 0 Å². The van der Waals surface area contributed by atoms with Crippen LogP contribution in [0.25, 0.3) is 0 Å². The summed E-state index contributed by atoms with van der Waals surface area (Å²) in [5.41, 5.74) is 0.864. The summed E-state index contributed by atoms with van der Waals surface area (Å²) in [5.74, 6) is 1.17. The van der Waals surface area contributed by atoms with Crippen LogP contribution >= 0.6 is 11.8 Å². The third kappa shape index (κ3) is 2.74. The molecule has 4 atom stereocenters. The smallest absolute Gasteiger partial charge is 0.245 e. The molecule has 0 spiro atoms. The lowest BCUT2D eigenvalue weighted by Crippen LogP contribution is -2.72. The minimum atomic E-state index is -0.333. The number of piperidine rings is 1. The van der Waals surface area contributed by atoms with Crippen molar-refractivity contribution in [2.45, 2.75) is 36.3 Å². The molecule has 5 rings (SSSR count). The molecule has 24 heavy (non-hydrogen) atoms. The van der Waals surface area contributed by atoms with Crippen LogP contribution in [-0.4, -0.2) is 71.0 Å². The summed E-state index contributed by atoms with van der Waals surface area (Å²) in [6, 6.07) is 6.69. The van der Waals surface area contributed by atoms with Crippen molar-refractivity contribution in [3.63, 3.8) is 0 Å². The zero-order chi connectivity index (χ0) is 16.8. The second kappa shape index (κ2) is 6.32.